The van der Waals surface area contributed by atoms with Crippen molar-refractivity contribution in [3.8, 4) is 0 Å². The van der Waals surface area contributed by atoms with Gasteiger partial charge in [0.2, 0.25) is 0 Å². The maximum Gasteiger partial charge on any atom is 0.417 e. The molecular formula is C17H17ClF3N3O2. The number of pyridine rings is 1. The van der Waals surface area contributed by atoms with E-state index < -0.39 is 28.8 Å². The highest BCUT2D eigenvalue weighted by Gasteiger charge is 2.33. The normalized spacial score (nSPS) is 12.5. The highest BCUT2D eigenvalue weighted by molar-refractivity contribution is 6.31. The molecule has 2 amide bonds. The van der Waals surface area contributed by atoms with Gasteiger partial charge in [0.15, 0.2) is 0 Å². The molecule has 0 aliphatic carbocycles. The van der Waals surface area contributed by atoms with Crippen molar-refractivity contribution in [1.82, 2.24) is 9.88 Å². The molecule has 0 spiro atoms. The van der Waals surface area contributed by atoms with Crippen LogP contribution in [0.2, 0.25) is 5.02 Å². The van der Waals surface area contributed by atoms with Crippen LogP contribution in [0.4, 0.5) is 23.7 Å². The van der Waals surface area contributed by atoms with E-state index in [1.54, 1.807) is 24.4 Å². The molecule has 140 valence electrons. The number of alkyl halides is 3. The SMILES string of the molecule is COCC(c1ccccn1)N(C)C(=O)Nc1ccc(Cl)c(C(F)(F)F)c1. The number of ether oxygens (including phenoxy) is 1. The first-order valence-electron chi connectivity index (χ1n) is 7.54. The van der Waals surface area contributed by atoms with Crippen molar-refractivity contribution in [1.29, 1.82) is 0 Å². The number of aromatic nitrogens is 1. The van der Waals surface area contributed by atoms with E-state index in [4.69, 9.17) is 16.3 Å². The van der Waals surface area contributed by atoms with E-state index in [0.29, 0.717) is 5.69 Å². The first kappa shape index (κ1) is 20.0. The number of likely N-dealkylation sites (N-methyl/N-ethyl adjacent to an activating group) is 1. The van der Waals surface area contributed by atoms with Gasteiger partial charge < -0.3 is 15.0 Å². The van der Waals surface area contributed by atoms with Crippen molar-refractivity contribution in [2.45, 2.75) is 12.2 Å². The maximum absolute atomic E-state index is 12.9. The molecule has 1 unspecified atom stereocenters. The lowest BCUT2D eigenvalue weighted by atomic mass is 10.1. The van der Waals surface area contributed by atoms with Crippen molar-refractivity contribution < 1.29 is 22.7 Å². The van der Waals surface area contributed by atoms with E-state index in [-0.39, 0.29) is 12.3 Å². The number of rotatable bonds is 5. The van der Waals surface area contributed by atoms with Crippen molar-refractivity contribution >= 4 is 23.3 Å². The Morgan fingerprint density at radius 1 is 1.35 bits per heavy atom. The van der Waals surface area contributed by atoms with Gasteiger partial charge in [-0.1, -0.05) is 17.7 Å². The topological polar surface area (TPSA) is 54.5 Å². The van der Waals surface area contributed by atoms with Crippen LogP contribution in [0.1, 0.15) is 17.3 Å². The van der Waals surface area contributed by atoms with Crippen molar-refractivity contribution in [3.63, 3.8) is 0 Å². The number of hydrogen-bond donors (Lipinski definition) is 1. The van der Waals surface area contributed by atoms with Crippen LogP contribution in [0.5, 0.6) is 0 Å². The minimum atomic E-state index is -4.61. The summed E-state index contributed by atoms with van der Waals surface area (Å²) < 4.78 is 44.0. The molecule has 0 radical (unpaired) electrons. The highest BCUT2D eigenvalue weighted by Crippen LogP contribution is 2.36. The van der Waals surface area contributed by atoms with Crippen molar-refractivity contribution in [2.75, 3.05) is 26.1 Å². The molecule has 1 aromatic heterocycles. The van der Waals surface area contributed by atoms with Gasteiger partial charge in [0.1, 0.15) is 0 Å². The van der Waals surface area contributed by atoms with Crippen LogP contribution in [-0.4, -0.2) is 36.7 Å². The average Bonchev–Trinajstić information content (AvgIpc) is 2.60. The standard InChI is InChI=1S/C17H17ClF3N3O2/c1-24(15(10-26-2)14-5-3-4-8-22-14)16(25)23-11-6-7-13(18)12(9-11)17(19,20)21/h3-9,15H,10H2,1-2H3,(H,23,25). The van der Waals surface area contributed by atoms with E-state index in [1.165, 1.54) is 25.1 Å². The largest absolute Gasteiger partial charge is 0.417 e. The van der Waals surface area contributed by atoms with Gasteiger partial charge >= 0.3 is 12.2 Å². The summed E-state index contributed by atoms with van der Waals surface area (Å²) in [5.41, 5.74) is -0.437. The Hall–Kier alpha value is -2.32. The number of amides is 2. The lowest BCUT2D eigenvalue weighted by molar-refractivity contribution is -0.137. The summed E-state index contributed by atoms with van der Waals surface area (Å²) >= 11 is 5.58. The Balaban J connectivity index is 2.20. The van der Waals surface area contributed by atoms with Gasteiger partial charge in [0.25, 0.3) is 0 Å². The second-order valence-electron chi connectivity index (χ2n) is 5.46. The second kappa shape index (κ2) is 8.37. The van der Waals surface area contributed by atoms with E-state index in [9.17, 15) is 18.0 Å². The number of hydrogen-bond acceptors (Lipinski definition) is 3. The minimum absolute atomic E-state index is 0.0178. The summed E-state index contributed by atoms with van der Waals surface area (Å²) in [5, 5.41) is 2.00. The highest BCUT2D eigenvalue weighted by atomic mass is 35.5. The molecule has 0 saturated heterocycles. The van der Waals surface area contributed by atoms with Crippen LogP contribution < -0.4 is 5.32 Å². The molecule has 1 atom stereocenters. The zero-order valence-electron chi connectivity index (χ0n) is 14.0. The third kappa shape index (κ3) is 4.86. The zero-order valence-corrected chi connectivity index (χ0v) is 14.8. The quantitative estimate of drug-likeness (QED) is 0.815. The number of carbonyl (C=O) groups is 1. The fourth-order valence-corrected chi connectivity index (χ4v) is 2.52. The van der Waals surface area contributed by atoms with Gasteiger partial charge in [-0.3, -0.25) is 4.98 Å². The minimum Gasteiger partial charge on any atom is -0.382 e. The van der Waals surface area contributed by atoms with Gasteiger partial charge in [-0.05, 0) is 30.3 Å². The number of methoxy groups -OCH3 is 1. The number of urea groups is 1. The Bertz CT molecular complexity index is 757. The van der Waals surface area contributed by atoms with Gasteiger partial charge in [0, 0.05) is 26.0 Å². The first-order valence-corrected chi connectivity index (χ1v) is 7.92. The smallest absolute Gasteiger partial charge is 0.382 e. The summed E-state index contributed by atoms with van der Waals surface area (Å²) in [6, 6.07) is 7.31. The molecule has 0 aliphatic rings. The Labute approximate surface area is 153 Å². The van der Waals surface area contributed by atoms with E-state index in [0.717, 1.165) is 12.1 Å². The molecule has 0 fully saturated rings. The first-order chi connectivity index (χ1) is 12.2. The molecular weight excluding hydrogens is 371 g/mol. The fourth-order valence-electron chi connectivity index (χ4n) is 2.30. The number of halogens is 4. The third-order valence-corrected chi connectivity index (χ3v) is 3.99. The Morgan fingerprint density at radius 2 is 2.08 bits per heavy atom. The van der Waals surface area contributed by atoms with Gasteiger partial charge in [-0.15, -0.1) is 0 Å². The number of anilines is 1. The predicted molar refractivity (Wildman–Crippen MR) is 92.1 cm³/mol. The van der Waals surface area contributed by atoms with Gasteiger partial charge in [0.05, 0.1) is 28.9 Å². The number of nitrogens with zero attached hydrogens (tertiary/aromatic N) is 2. The predicted octanol–water partition coefficient (Wildman–Crippen LogP) is 4.61. The van der Waals surface area contributed by atoms with Gasteiger partial charge in [-0.2, -0.15) is 13.2 Å². The van der Waals surface area contributed by atoms with Crippen molar-refractivity contribution in [3.05, 3.63) is 58.9 Å². The number of carbonyl (C=O) groups excluding carboxylic acids is 1. The molecule has 2 rings (SSSR count). The van der Waals surface area contributed by atoms with E-state index >= 15 is 0 Å². The molecule has 5 nitrogen and oxygen atoms in total. The van der Waals surface area contributed by atoms with Crippen LogP contribution >= 0.6 is 11.6 Å². The lowest BCUT2D eigenvalue weighted by Crippen LogP contribution is -2.37. The Morgan fingerprint density at radius 3 is 2.65 bits per heavy atom. The van der Waals surface area contributed by atoms with Crippen LogP contribution in [0.3, 0.4) is 0 Å². The molecule has 2 aromatic rings. The summed E-state index contributed by atoms with van der Waals surface area (Å²) in [7, 11) is 2.99. The molecule has 0 aliphatic heterocycles. The zero-order chi connectivity index (χ0) is 19.3. The average molecular weight is 388 g/mol. The lowest BCUT2D eigenvalue weighted by Gasteiger charge is -2.27. The molecule has 1 aromatic carbocycles. The molecule has 0 saturated carbocycles. The molecule has 0 bridgehead atoms. The number of nitrogens with one attached hydrogen (secondary N) is 1. The fraction of sp³-hybridized carbons (Fsp3) is 0.294. The molecule has 9 heteroatoms. The maximum atomic E-state index is 12.9. The summed E-state index contributed by atoms with van der Waals surface area (Å²) in [6.07, 6.45) is -3.03. The monoisotopic (exact) mass is 387 g/mol. The van der Waals surface area contributed by atoms with Crippen LogP contribution in [-0.2, 0) is 10.9 Å². The van der Waals surface area contributed by atoms with E-state index in [2.05, 4.69) is 10.3 Å². The van der Waals surface area contributed by atoms with Crippen LogP contribution in [0.15, 0.2) is 42.6 Å². The molecule has 26 heavy (non-hydrogen) atoms. The summed E-state index contributed by atoms with van der Waals surface area (Å²) in [6.45, 7) is 0.176. The van der Waals surface area contributed by atoms with Crippen LogP contribution in [0, 0.1) is 0 Å². The van der Waals surface area contributed by atoms with Crippen molar-refractivity contribution in [2.24, 2.45) is 0 Å². The second-order valence-corrected chi connectivity index (χ2v) is 5.87. The summed E-state index contributed by atoms with van der Waals surface area (Å²) in [4.78, 5) is 18.0. The van der Waals surface area contributed by atoms with Crippen LogP contribution in [0.25, 0.3) is 0 Å². The number of benzene rings is 1. The molecule has 1 N–H and O–H groups in total. The Kier molecular flexibility index (Phi) is 6.44. The van der Waals surface area contributed by atoms with Gasteiger partial charge in [-0.25, -0.2) is 4.79 Å². The third-order valence-electron chi connectivity index (χ3n) is 3.66. The molecule has 1 heterocycles. The summed E-state index contributed by atoms with van der Waals surface area (Å²) in [5.74, 6) is 0. The van der Waals surface area contributed by atoms with E-state index in [1.807, 2.05) is 0 Å².